The smallest absolute Gasteiger partial charge is 0.0300 e. The van der Waals surface area contributed by atoms with Crippen molar-refractivity contribution in [1.29, 1.82) is 0 Å². The average Bonchev–Trinajstić information content (AvgIpc) is 2.60. The van der Waals surface area contributed by atoms with Gasteiger partial charge in [-0.3, -0.25) is 0 Å². The standard InChI is InChI=1S/C12H21NS2/c1-12(2,3)11-6-5-10(15-11)9-13-7-8-14-4/h5-6,13H,7-9H2,1-4H3. The lowest BCUT2D eigenvalue weighted by molar-refractivity contribution is 0.604. The third-order valence-electron chi connectivity index (χ3n) is 2.18. The van der Waals surface area contributed by atoms with Gasteiger partial charge in [0.2, 0.25) is 0 Å². The summed E-state index contributed by atoms with van der Waals surface area (Å²) in [6, 6.07) is 4.51. The summed E-state index contributed by atoms with van der Waals surface area (Å²) in [7, 11) is 0. The lowest BCUT2D eigenvalue weighted by Gasteiger charge is -2.15. The van der Waals surface area contributed by atoms with Crippen molar-refractivity contribution in [2.45, 2.75) is 32.7 Å². The van der Waals surface area contributed by atoms with Crippen LogP contribution in [0.25, 0.3) is 0 Å². The molecule has 0 radical (unpaired) electrons. The second-order valence-electron chi connectivity index (χ2n) is 4.69. The van der Waals surface area contributed by atoms with Crippen LogP contribution in [-0.2, 0) is 12.0 Å². The summed E-state index contributed by atoms with van der Waals surface area (Å²) in [6.07, 6.45) is 2.14. The van der Waals surface area contributed by atoms with Crippen LogP contribution in [0.5, 0.6) is 0 Å². The molecule has 15 heavy (non-hydrogen) atoms. The van der Waals surface area contributed by atoms with Crippen LogP contribution in [0.4, 0.5) is 0 Å². The van der Waals surface area contributed by atoms with Gasteiger partial charge >= 0.3 is 0 Å². The van der Waals surface area contributed by atoms with E-state index in [9.17, 15) is 0 Å². The number of thiophene rings is 1. The van der Waals surface area contributed by atoms with Crippen LogP contribution in [0.2, 0.25) is 0 Å². The molecule has 0 fully saturated rings. The molecule has 0 aromatic carbocycles. The summed E-state index contributed by atoms with van der Waals surface area (Å²) >= 11 is 3.82. The fourth-order valence-electron chi connectivity index (χ4n) is 1.26. The van der Waals surface area contributed by atoms with Crippen molar-refractivity contribution in [3.63, 3.8) is 0 Å². The minimum atomic E-state index is 0.294. The van der Waals surface area contributed by atoms with Crippen LogP contribution >= 0.6 is 23.1 Å². The minimum Gasteiger partial charge on any atom is -0.311 e. The maximum atomic E-state index is 3.46. The predicted octanol–water partition coefficient (Wildman–Crippen LogP) is 3.50. The molecule has 1 N–H and O–H groups in total. The Morgan fingerprint density at radius 2 is 2.07 bits per heavy atom. The second-order valence-corrected chi connectivity index (χ2v) is 6.84. The molecule has 0 saturated heterocycles. The second kappa shape index (κ2) is 5.92. The fraction of sp³-hybridized carbons (Fsp3) is 0.667. The number of hydrogen-bond acceptors (Lipinski definition) is 3. The van der Waals surface area contributed by atoms with Gasteiger partial charge in [-0.05, 0) is 23.8 Å². The molecule has 0 unspecified atom stereocenters. The van der Waals surface area contributed by atoms with Gasteiger partial charge in [0.25, 0.3) is 0 Å². The van der Waals surface area contributed by atoms with Crippen LogP contribution in [0.3, 0.4) is 0 Å². The summed E-state index contributed by atoms with van der Waals surface area (Å²) < 4.78 is 0. The molecule has 0 bridgehead atoms. The van der Waals surface area contributed by atoms with Gasteiger partial charge in [0.05, 0.1) is 0 Å². The Bertz CT molecular complexity index is 286. The Balaban J connectivity index is 2.40. The number of nitrogens with one attached hydrogen (secondary N) is 1. The van der Waals surface area contributed by atoms with Crippen LogP contribution in [0, 0.1) is 0 Å². The monoisotopic (exact) mass is 243 g/mol. The van der Waals surface area contributed by atoms with Crippen LogP contribution < -0.4 is 5.32 Å². The minimum absolute atomic E-state index is 0.294. The van der Waals surface area contributed by atoms with E-state index in [4.69, 9.17) is 0 Å². The molecule has 0 saturated carbocycles. The lowest BCUT2D eigenvalue weighted by atomic mass is 9.95. The van der Waals surface area contributed by atoms with Crippen molar-refractivity contribution >= 4 is 23.1 Å². The van der Waals surface area contributed by atoms with Gasteiger partial charge in [-0.2, -0.15) is 11.8 Å². The van der Waals surface area contributed by atoms with Gasteiger partial charge in [-0.1, -0.05) is 20.8 Å². The first-order valence-corrected chi connectivity index (χ1v) is 7.54. The highest BCUT2D eigenvalue weighted by Gasteiger charge is 2.15. The predicted molar refractivity (Wildman–Crippen MR) is 73.1 cm³/mol. The van der Waals surface area contributed by atoms with Crippen molar-refractivity contribution < 1.29 is 0 Å². The van der Waals surface area contributed by atoms with E-state index in [0.29, 0.717) is 5.41 Å². The molecule has 0 spiro atoms. The largest absolute Gasteiger partial charge is 0.311 e. The van der Waals surface area contributed by atoms with Crippen molar-refractivity contribution in [2.24, 2.45) is 0 Å². The van der Waals surface area contributed by atoms with Gasteiger partial charge in [-0.25, -0.2) is 0 Å². The Labute approximate surface area is 102 Å². The first-order chi connectivity index (χ1) is 7.04. The normalized spacial score (nSPS) is 12.0. The van der Waals surface area contributed by atoms with Gasteiger partial charge < -0.3 is 5.32 Å². The third kappa shape index (κ3) is 4.58. The number of thioether (sulfide) groups is 1. The van der Waals surface area contributed by atoms with Crippen LogP contribution in [0.1, 0.15) is 30.5 Å². The van der Waals surface area contributed by atoms with Gasteiger partial charge in [-0.15, -0.1) is 11.3 Å². The summed E-state index contributed by atoms with van der Waals surface area (Å²) in [5, 5.41) is 3.46. The molecule has 1 aromatic heterocycles. The van der Waals surface area contributed by atoms with Gasteiger partial charge in [0, 0.05) is 28.6 Å². The molecule has 1 heterocycles. The highest BCUT2D eigenvalue weighted by molar-refractivity contribution is 7.98. The molecule has 0 aliphatic heterocycles. The Kier molecular flexibility index (Phi) is 5.16. The van der Waals surface area contributed by atoms with Crippen molar-refractivity contribution in [2.75, 3.05) is 18.6 Å². The summed E-state index contributed by atoms with van der Waals surface area (Å²) in [5.41, 5.74) is 0.294. The molecule has 1 rings (SSSR count). The third-order valence-corrected chi connectivity index (χ3v) is 4.31. The molecule has 86 valence electrons. The molecule has 0 aliphatic carbocycles. The van der Waals surface area contributed by atoms with E-state index < -0.39 is 0 Å². The average molecular weight is 243 g/mol. The number of rotatable bonds is 5. The van der Waals surface area contributed by atoms with E-state index in [0.717, 1.165) is 13.1 Å². The van der Waals surface area contributed by atoms with Gasteiger partial charge in [0.15, 0.2) is 0 Å². The highest BCUT2D eigenvalue weighted by Crippen LogP contribution is 2.29. The van der Waals surface area contributed by atoms with Crippen LogP contribution in [0.15, 0.2) is 12.1 Å². The Morgan fingerprint density at radius 3 is 2.60 bits per heavy atom. The lowest BCUT2D eigenvalue weighted by Crippen LogP contribution is -2.15. The van der Waals surface area contributed by atoms with Crippen molar-refractivity contribution in [3.8, 4) is 0 Å². The Morgan fingerprint density at radius 1 is 1.33 bits per heavy atom. The van der Waals surface area contributed by atoms with E-state index >= 15 is 0 Å². The van der Waals surface area contributed by atoms with Crippen molar-refractivity contribution in [1.82, 2.24) is 5.32 Å². The molecule has 1 aromatic rings. The fourth-order valence-corrected chi connectivity index (χ4v) is 2.65. The Hall–Kier alpha value is 0.01000. The van der Waals surface area contributed by atoms with E-state index in [1.807, 2.05) is 23.1 Å². The topological polar surface area (TPSA) is 12.0 Å². The van der Waals surface area contributed by atoms with Crippen LogP contribution in [-0.4, -0.2) is 18.6 Å². The first kappa shape index (κ1) is 13.1. The van der Waals surface area contributed by atoms with E-state index in [2.05, 4.69) is 44.5 Å². The van der Waals surface area contributed by atoms with E-state index in [1.54, 1.807) is 0 Å². The van der Waals surface area contributed by atoms with E-state index in [1.165, 1.54) is 15.5 Å². The molecular weight excluding hydrogens is 222 g/mol. The number of hydrogen-bond donors (Lipinski definition) is 1. The van der Waals surface area contributed by atoms with Crippen molar-refractivity contribution in [3.05, 3.63) is 21.9 Å². The zero-order valence-corrected chi connectivity index (χ0v) is 11.7. The summed E-state index contributed by atoms with van der Waals surface area (Å²) in [6.45, 7) is 8.92. The maximum absolute atomic E-state index is 3.46. The first-order valence-electron chi connectivity index (χ1n) is 5.33. The molecular formula is C12H21NS2. The summed E-state index contributed by atoms with van der Waals surface area (Å²) in [5.74, 6) is 1.19. The zero-order valence-electron chi connectivity index (χ0n) is 10.1. The van der Waals surface area contributed by atoms with E-state index in [-0.39, 0.29) is 0 Å². The summed E-state index contributed by atoms with van der Waals surface area (Å²) in [4.78, 5) is 2.92. The molecule has 3 heteroatoms. The highest BCUT2D eigenvalue weighted by atomic mass is 32.2. The molecule has 0 aliphatic rings. The zero-order chi connectivity index (χ0) is 11.3. The molecule has 1 nitrogen and oxygen atoms in total. The quantitative estimate of drug-likeness (QED) is 0.794. The van der Waals surface area contributed by atoms with Gasteiger partial charge in [0.1, 0.15) is 0 Å². The maximum Gasteiger partial charge on any atom is 0.0300 e. The SMILES string of the molecule is CSCCNCc1ccc(C(C)(C)C)s1. The molecule has 0 atom stereocenters. The molecule has 0 amide bonds.